The zero-order valence-corrected chi connectivity index (χ0v) is 13.2. The molecule has 0 aromatic carbocycles. The standard InChI is InChI=1S/C13H24N4O2S/c1-4-17(5-2)10-6-9-16-20(18,19)12-7-8-13(14-3)15-11-12/h7-8,11,16H,4-6,9-10H2,1-3H3,(H,14,15). The molecule has 0 aliphatic rings. The summed E-state index contributed by atoms with van der Waals surface area (Å²) in [6, 6.07) is 3.19. The molecule has 1 rings (SSSR count). The number of hydrogen-bond acceptors (Lipinski definition) is 5. The molecule has 1 heterocycles. The molecular weight excluding hydrogens is 276 g/mol. The summed E-state index contributed by atoms with van der Waals surface area (Å²) in [7, 11) is -1.72. The maximum atomic E-state index is 12.0. The minimum absolute atomic E-state index is 0.194. The molecule has 2 N–H and O–H groups in total. The van der Waals surface area contributed by atoms with E-state index in [1.54, 1.807) is 19.2 Å². The molecular formula is C13H24N4O2S. The second kappa shape index (κ2) is 8.18. The molecule has 0 saturated carbocycles. The Bertz CT molecular complexity index is 484. The predicted octanol–water partition coefficient (Wildman–Crippen LogP) is 1.13. The molecule has 0 fully saturated rings. The van der Waals surface area contributed by atoms with Gasteiger partial charge in [-0.3, -0.25) is 0 Å². The topological polar surface area (TPSA) is 74.3 Å². The third-order valence-electron chi connectivity index (χ3n) is 3.14. The highest BCUT2D eigenvalue weighted by Crippen LogP contribution is 2.09. The summed E-state index contributed by atoms with van der Waals surface area (Å²) in [5.41, 5.74) is 0. The van der Waals surface area contributed by atoms with Gasteiger partial charge < -0.3 is 10.2 Å². The fraction of sp³-hybridized carbons (Fsp3) is 0.615. The molecule has 114 valence electrons. The van der Waals surface area contributed by atoms with Crippen LogP contribution in [0.3, 0.4) is 0 Å². The molecule has 1 aromatic heterocycles. The Hall–Kier alpha value is -1.18. The van der Waals surface area contributed by atoms with Crippen molar-refractivity contribution in [2.75, 3.05) is 38.5 Å². The van der Waals surface area contributed by atoms with Crippen LogP contribution in [-0.4, -0.2) is 51.5 Å². The van der Waals surface area contributed by atoms with Crippen molar-refractivity contribution in [3.05, 3.63) is 18.3 Å². The summed E-state index contributed by atoms with van der Waals surface area (Å²) in [6.07, 6.45) is 2.15. The van der Waals surface area contributed by atoms with Crippen LogP contribution in [0.2, 0.25) is 0 Å². The molecule has 0 atom stereocenters. The maximum absolute atomic E-state index is 12.0. The van der Waals surface area contributed by atoms with Gasteiger partial charge in [0, 0.05) is 19.8 Å². The van der Waals surface area contributed by atoms with Crippen molar-refractivity contribution in [2.24, 2.45) is 0 Å². The fourth-order valence-corrected chi connectivity index (χ4v) is 2.84. The molecule has 1 aromatic rings. The summed E-state index contributed by atoms with van der Waals surface area (Å²) < 4.78 is 26.7. The SMILES string of the molecule is CCN(CC)CCCNS(=O)(=O)c1ccc(NC)nc1. The molecule has 7 heteroatoms. The van der Waals surface area contributed by atoms with Crippen LogP contribution in [-0.2, 0) is 10.0 Å². The molecule has 0 radical (unpaired) electrons. The van der Waals surface area contributed by atoms with E-state index in [1.807, 2.05) is 0 Å². The van der Waals surface area contributed by atoms with E-state index >= 15 is 0 Å². The monoisotopic (exact) mass is 300 g/mol. The molecule has 0 spiro atoms. The van der Waals surface area contributed by atoms with Gasteiger partial charge in [-0.25, -0.2) is 18.1 Å². The Kier molecular flexibility index (Phi) is 6.90. The van der Waals surface area contributed by atoms with Crippen LogP contribution in [0.25, 0.3) is 0 Å². The van der Waals surface area contributed by atoms with Crippen LogP contribution in [0.5, 0.6) is 0 Å². The van der Waals surface area contributed by atoms with Gasteiger partial charge in [-0.05, 0) is 38.2 Å². The first-order valence-corrected chi connectivity index (χ1v) is 8.37. The summed E-state index contributed by atoms with van der Waals surface area (Å²) in [5, 5.41) is 2.85. The van der Waals surface area contributed by atoms with Gasteiger partial charge in [-0.1, -0.05) is 13.8 Å². The number of rotatable bonds is 9. The quantitative estimate of drug-likeness (QED) is 0.669. The average Bonchev–Trinajstić information content (AvgIpc) is 2.47. The van der Waals surface area contributed by atoms with Gasteiger partial charge in [-0.15, -0.1) is 0 Å². The lowest BCUT2D eigenvalue weighted by molar-refractivity contribution is 0.300. The van der Waals surface area contributed by atoms with E-state index in [4.69, 9.17) is 0 Å². The van der Waals surface area contributed by atoms with Gasteiger partial charge in [0.05, 0.1) is 0 Å². The number of pyridine rings is 1. The van der Waals surface area contributed by atoms with Crippen molar-refractivity contribution in [1.82, 2.24) is 14.6 Å². The molecule has 0 aliphatic carbocycles. The van der Waals surface area contributed by atoms with Crippen molar-refractivity contribution >= 4 is 15.8 Å². The average molecular weight is 300 g/mol. The Morgan fingerprint density at radius 2 is 1.95 bits per heavy atom. The van der Waals surface area contributed by atoms with E-state index in [0.717, 1.165) is 26.1 Å². The minimum atomic E-state index is -3.46. The predicted molar refractivity (Wildman–Crippen MR) is 81.4 cm³/mol. The molecule has 20 heavy (non-hydrogen) atoms. The molecule has 6 nitrogen and oxygen atoms in total. The lowest BCUT2D eigenvalue weighted by Crippen LogP contribution is -2.30. The second-order valence-electron chi connectivity index (χ2n) is 4.41. The van der Waals surface area contributed by atoms with E-state index in [0.29, 0.717) is 12.4 Å². The van der Waals surface area contributed by atoms with E-state index in [9.17, 15) is 8.42 Å². The van der Waals surface area contributed by atoms with Crippen molar-refractivity contribution in [3.63, 3.8) is 0 Å². The zero-order chi connectivity index (χ0) is 15.0. The Morgan fingerprint density at radius 3 is 2.45 bits per heavy atom. The number of nitrogens with one attached hydrogen (secondary N) is 2. The number of hydrogen-bond donors (Lipinski definition) is 2. The summed E-state index contributed by atoms with van der Waals surface area (Å²) in [6.45, 7) is 7.50. The van der Waals surface area contributed by atoms with Gasteiger partial charge >= 0.3 is 0 Å². The number of nitrogens with zero attached hydrogens (tertiary/aromatic N) is 2. The summed E-state index contributed by atoms with van der Waals surface area (Å²) in [4.78, 5) is 6.46. The van der Waals surface area contributed by atoms with Crippen LogP contribution >= 0.6 is 0 Å². The van der Waals surface area contributed by atoms with Crippen molar-refractivity contribution in [2.45, 2.75) is 25.2 Å². The highest BCUT2D eigenvalue weighted by atomic mass is 32.2. The van der Waals surface area contributed by atoms with Crippen LogP contribution in [0.1, 0.15) is 20.3 Å². The van der Waals surface area contributed by atoms with Crippen molar-refractivity contribution < 1.29 is 8.42 Å². The molecule has 0 unspecified atom stereocenters. The minimum Gasteiger partial charge on any atom is -0.373 e. The number of aromatic nitrogens is 1. The van der Waals surface area contributed by atoms with Crippen LogP contribution in [0.15, 0.2) is 23.2 Å². The first-order chi connectivity index (χ1) is 9.53. The lowest BCUT2D eigenvalue weighted by Gasteiger charge is -2.17. The maximum Gasteiger partial charge on any atom is 0.242 e. The van der Waals surface area contributed by atoms with Crippen LogP contribution < -0.4 is 10.0 Å². The third-order valence-corrected chi connectivity index (χ3v) is 4.59. The van der Waals surface area contributed by atoms with Gasteiger partial charge in [0.1, 0.15) is 10.7 Å². The van der Waals surface area contributed by atoms with E-state index < -0.39 is 10.0 Å². The van der Waals surface area contributed by atoms with Gasteiger partial charge in [0.25, 0.3) is 0 Å². The van der Waals surface area contributed by atoms with Crippen LogP contribution in [0.4, 0.5) is 5.82 Å². The Labute approximate surface area is 121 Å². The van der Waals surface area contributed by atoms with Crippen molar-refractivity contribution in [3.8, 4) is 0 Å². The number of anilines is 1. The molecule has 0 saturated heterocycles. The third kappa shape index (κ3) is 5.07. The van der Waals surface area contributed by atoms with E-state index in [1.165, 1.54) is 6.20 Å². The molecule has 0 aliphatic heterocycles. The van der Waals surface area contributed by atoms with Crippen LogP contribution in [0, 0.1) is 0 Å². The second-order valence-corrected chi connectivity index (χ2v) is 6.17. The molecule has 0 amide bonds. The molecule has 0 bridgehead atoms. The first kappa shape index (κ1) is 16.9. The van der Waals surface area contributed by atoms with E-state index in [-0.39, 0.29) is 4.90 Å². The van der Waals surface area contributed by atoms with Crippen molar-refractivity contribution in [1.29, 1.82) is 0 Å². The van der Waals surface area contributed by atoms with E-state index in [2.05, 4.69) is 33.8 Å². The largest absolute Gasteiger partial charge is 0.373 e. The Balaban J connectivity index is 2.48. The summed E-state index contributed by atoms with van der Waals surface area (Å²) >= 11 is 0. The van der Waals surface area contributed by atoms with Gasteiger partial charge in [0.2, 0.25) is 10.0 Å². The fourth-order valence-electron chi connectivity index (χ4n) is 1.82. The zero-order valence-electron chi connectivity index (χ0n) is 12.4. The van der Waals surface area contributed by atoms with Gasteiger partial charge in [0.15, 0.2) is 0 Å². The number of sulfonamides is 1. The summed E-state index contributed by atoms with van der Waals surface area (Å²) in [5.74, 6) is 0.644. The smallest absolute Gasteiger partial charge is 0.242 e. The highest BCUT2D eigenvalue weighted by Gasteiger charge is 2.13. The van der Waals surface area contributed by atoms with Gasteiger partial charge in [-0.2, -0.15) is 0 Å². The highest BCUT2D eigenvalue weighted by molar-refractivity contribution is 7.89. The first-order valence-electron chi connectivity index (χ1n) is 6.89. The normalized spacial score (nSPS) is 11.8. The lowest BCUT2D eigenvalue weighted by atomic mass is 10.4. The Morgan fingerprint density at radius 1 is 1.25 bits per heavy atom.